The molecule has 1 unspecified atom stereocenters. The van der Waals surface area contributed by atoms with Crippen LogP contribution in [0.15, 0.2) is 24.3 Å². The summed E-state index contributed by atoms with van der Waals surface area (Å²) in [7, 11) is 0. The Morgan fingerprint density at radius 3 is 2.20 bits per heavy atom. The molecule has 1 rings (SSSR count). The first kappa shape index (κ1) is 17.5. The van der Waals surface area contributed by atoms with Crippen LogP contribution in [-0.4, -0.2) is 6.54 Å². The summed E-state index contributed by atoms with van der Waals surface area (Å²) in [6.07, 6.45) is 10.5. The lowest BCUT2D eigenvalue weighted by Gasteiger charge is -2.18. The van der Waals surface area contributed by atoms with Crippen LogP contribution in [0, 0.1) is 0 Å². The second-order valence-corrected chi connectivity index (χ2v) is 6.05. The van der Waals surface area contributed by atoms with E-state index < -0.39 is 0 Å². The third kappa shape index (κ3) is 7.31. The monoisotopic (exact) mass is 295 g/mol. The predicted octanol–water partition coefficient (Wildman–Crippen LogP) is 6.13. The van der Waals surface area contributed by atoms with Crippen LogP contribution in [0.1, 0.15) is 76.8 Å². The van der Waals surface area contributed by atoms with Gasteiger partial charge in [-0.15, -0.1) is 0 Å². The molecule has 1 nitrogen and oxygen atoms in total. The molecule has 0 heterocycles. The van der Waals surface area contributed by atoms with E-state index in [1.165, 1.54) is 56.9 Å². The Hall–Kier alpha value is -0.530. The fraction of sp³-hybridized carbons (Fsp3) is 0.667. The van der Waals surface area contributed by atoms with Crippen LogP contribution >= 0.6 is 11.6 Å². The largest absolute Gasteiger partial charge is 0.310 e. The molecule has 0 amide bonds. The molecule has 0 spiro atoms. The first-order valence-corrected chi connectivity index (χ1v) is 8.64. The Morgan fingerprint density at radius 1 is 0.900 bits per heavy atom. The Morgan fingerprint density at radius 2 is 1.55 bits per heavy atom. The van der Waals surface area contributed by atoms with Gasteiger partial charge in [-0.3, -0.25) is 0 Å². The van der Waals surface area contributed by atoms with E-state index in [-0.39, 0.29) is 0 Å². The quantitative estimate of drug-likeness (QED) is 0.484. The summed E-state index contributed by atoms with van der Waals surface area (Å²) < 4.78 is 0. The summed E-state index contributed by atoms with van der Waals surface area (Å²) in [5.74, 6) is 0. The highest BCUT2D eigenvalue weighted by Gasteiger charge is 2.09. The normalized spacial score (nSPS) is 12.6. The second kappa shape index (κ2) is 11.2. The van der Waals surface area contributed by atoms with Gasteiger partial charge in [-0.25, -0.2) is 0 Å². The standard InChI is InChI=1S/C18H30ClN/c1-3-5-6-7-8-9-15-20-18(10-4-2)16-11-13-17(19)14-12-16/h11-14,18,20H,3-10,15H2,1-2H3. The topological polar surface area (TPSA) is 12.0 Å². The molecule has 2 heteroatoms. The van der Waals surface area contributed by atoms with Gasteiger partial charge in [0.2, 0.25) is 0 Å². The molecule has 114 valence electrons. The van der Waals surface area contributed by atoms with E-state index >= 15 is 0 Å². The fourth-order valence-corrected chi connectivity index (χ4v) is 2.68. The zero-order chi connectivity index (χ0) is 14.6. The molecule has 1 aromatic carbocycles. The van der Waals surface area contributed by atoms with Crippen LogP contribution in [0.4, 0.5) is 0 Å². The molecule has 0 saturated carbocycles. The van der Waals surface area contributed by atoms with E-state index in [1.54, 1.807) is 0 Å². The highest BCUT2D eigenvalue weighted by Crippen LogP contribution is 2.20. The van der Waals surface area contributed by atoms with Gasteiger partial charge >= 0.3 is 0 Å². The number of benzene rings is 1. The van der Waals surface area contributed by atoms with Crippen LogP contribution in [-0.2, 0) is 0 Å². The molecular formula is C18H30ClN. The van der Waals surface area contributed by atoms with Gasteiger partial charge in [0, 0.05) is 11.1 Å². The summed E-state index contributed by atoms with van der Waals surface area (Å²) in [6, 6.07) is 8.76. The predicted molar refractivity (Wildman–Crippen MR) is 90.5 cm³/mol. The van der Waals surface area contributed by atoms with E-state index in [9.17, 15) is 0 Å². The van der Waals surface area contributed by atoms with Crippen LogP contribution in [0.3, 0.4) is 0 Å². The van der Waals surface area contributed by atoms with Gasteiger partial charge in [0.05, 0.1) is 0 Å². The number of nitrogens with one attached hydrogen (secondary N) is 1. The molecule has 0 bridgehead atoms. The Bertz CT molecular complexity index is 334. The molecule has 1 atom stereocenters. The molecule has 0 aromatic heterocycles. The lowest BCUT2D eigenvalue weighted by Crippen LogP contribution is -2.22. The SMILES string of the molecule is CCCCCCCCNC(CCC)c1ccc(Cl)cc1. The molecule has 1 aromatic rings. The fourth-order valence-electron chi connectivity index (χ4n) is 2.55. The summed E-state index contributed by atoms with van der Waals surface area (Å²) in [5, 5.41) is 4.52. The minimum atomic E-state index is 0.480. The molecule has 1 N–H and O–H groups in total. The summed E-state index contributed by atoms with van der Waals surface area (Å²) in [6.45, 7) is 5.64. The van der Waals surface area contributed by atoms with E-state index in [0.717, 1.165) is 11.6 Å². The van der Waals surface area contributed by atoms with Gasteiger partial charge in [0.15, 0.2) is 0 Å². The number of rotatable bonds is 11. The molecular weight excluding hydrogens is 266 g/mol. The highest BCUT2D eigenvalue weighted by molar-refractivity contribution is 6.30. The maximum atomic E-state index is 5.96. The molecule has 0 aliphatic carbocycles. The third-order valence-electron chi connectivity index (χ3n) is 3.77. The molecule has 0 saturated heterocycles. The Kier molecular flexibility index (Phi) is 9.78. The van der Waals surface area contributed by atoms with Gasteiger partial charge in [0.25, 0.3) is 0 Å². The summed E-state index contributed by atoms with van der Waals surface area (Å²) in [5.41, 5.74) is 1.36. The van der Waals surface area contributed by atoms with Crippen LogP contribution in [0.2, 0.25) is 5.02 Å². The number of hydrogen-bond donors (Lipinski definition) is 1. The van der Waals surface area contributed by atoms with Crippen molar-refractivity contribution in [2.75, 3.05) is 6.54 Å². The zero-order valence-electron chi connectivity index (χ0n) is 13.1. The van der Waals surface area contributed by atoms with Crippen molar-refractivity contribution in [2.24, 2.45) is 0 Å². The Labute approximate surface area is 130 Å². The first-order chi connectivity index (χ1) is 9.77. The van der Waals surface area contributed by atoms with Crippen LogP contribution in [0.5, 0.6) is 0 Å². The molecule has 0 aliphatic rings. The van der Waals surface area contributed by atoms with Gasteiger partial charge in [-0.1, -0.05) is 76.1 Å². The van der Waals surface area contributed by atoms with E-state index in [1.807, 2.05) is 12.1 Å². The second-order valence-electron chi connectivity index (χ2n) is 5.61. The first-order valence-electron chi connectivity index (χ1n) is 8.26. The maximum Gasteiger partial charge on any atom is 0.0406 e. The van der Waals surface area contributed by atoms with Crippen molar-refractivity contribution in [1.82, 2.24) is 5.32 Å². The minimum Gasteiger partial charge on any atom is -0.310 e. The maximum absolute atomic E-state index is 5.96. The van der Waals surface area contributed by atoms with Crippen molar-refractivity contribution < 1.29 is 0 Å². The van der Waals surface area contributed by atoms with Crippen molar-refractivity contribution in [3.8, 4) is 0 Å². The van der Waals surface area contributed by atoms with Gasteiger partial charge < -0.3 is 5.32 Å². The van der Waals surface area contributed by atoms with Gasteiger partial charge in [-0.05, 0) is 37.1 Å². The number of unbranched alkanes of at least 4 members (excludes halogenated alkanes) is 5. The average molecular weight is 296 g/mol. The number of halogens is 1. The minimum absolute atomic E-state index is 0.480. The van der Waals surface area contributed by atoms with Crippen molar-refractivity contribution in [3.05, 3.63) is 34.9 Å². The van der Waals surface area contributed by atoms with Gasteiger partial charge in [0.1, 0.15) is 0 Å². The van der Waals surface area contributed by atoms with Crippen LogP contribution in [0.25, 0.3) is 0 Å². The molecule has 0 fully saturated rings. The summed E-state index contributed by atoms with van der Waals surface area (Å²) in [4.78, 5) is 0. The van der Waals surface area contributed by atoms with Crippen molar-refractivity contribution in [1.29, 1.82) is 0 Å². The molecule has 0 aliphatic heterocycles. The van der Waals surface area contributed by atoms with Crippen molar-refractivity contribution in [2.45, 2.75) is 71.3 Å². The molecule has 20 heavy (non-hydrogen) atoms. The highest BCUT2D eigenvalue weighted by atomic mass is 35.5. The third-order valence-corrected chi connectivity index (χ3v) is 4.02. The average Bonchev–Trinajstić information content (AvgIpc) is 2.46. The van der Waals surface area contributed by atoms with Crippen molar-refractivity contribution in [3.63, 3.8) is 0 Å². The smallest absolute Gasteiger partial charge is 0.0406 e. The zero-order valence-corrected chi connectivity index (χ0v) is 13.9. The lowest BCUT2D eigenvalue weighted by molar-refractivity contribution is 0.475. The molecule has 0 radical (unpaired) electrons. The van der Waals surface area contributed by atoms with E-state index in [2.05, 4.69) is 31.3 Å². The van der Waals surface area contributed by atoms with Crippen LogP contribution < -0.4 is 5.32 Å². The van der Waals surface area contributed by atoms with E-state index in [4.69, 9.17) is 11.6 Å². The lowest BCUT2D eigenvalue weighted by atomic mass is 10.0. The van der Waals surface area contributed by atoms with Gasteiger partial charge in [-0.2, -0.15) is 0 Å². The summed E-state index contributed by atoms with van der Waals surface area (Å²) >= 11 is 5.96. The van der Waals surface area contributed by atoms with E-state index in [0.29, 0.717) is 6.04 Å². The Balaban J connectivity index is 2.27. The number of hydrogen-bond acceptors (Lipinski definition) is 1. The van der Waals surface area contributed by atoms with Crippen molar-refractivity contribution >= 4 is 11.6 Å².